The first-order chi connectivity index (χ1) is 9.21. The van der Waals surface area contributed by atoms with E-state index in [0.29, 0.717) is 11.8 Å². The van der Waals surface area contributed by atoms with Crippen molar-refractivity contribution < 1.29 is 4.74 Å². The van der Waals surface area contributed by atoms with Gasteiger partial charge in [0.2, 0.25) is 5.88 Å². The smallest absolute Gasteiger partial charge is 0.213 e. The molecule has 1 heterocycles. The van der Waals surface area contributed by atoms with Crippen molar-refractivity contribution in [2.24, 2.45) is 11.8 Å². The Hall–Kier alpha value is -0.760. The van der Waals surface area contributed by atoms with E-state index in [0.717, 1.165) is 36.1 Å². The predicted molar refractivity (Wildman–Crippen MR) is 79.8 cm³/mol. The van der Waals surface area contributed by atoms with Gasteiger partial charge in [-0.05, 0) is 42.7 Å². The number of hydrogen-bond acceptors (Lipinski definition) is 2. The van der Waals surface area contributed by atoms with Crippen molar-refractivity contribution in [3.63, 3.8) is 0 Å². The molecule has 0 aromatic carbocycles. The fourth-order valence-electron chi connectivity index (χ4n) is 2.87. The molecule has 2 unspecified atom stereocenters. The van der Waals surface area contributed by atoms with Crippen LogP contribution in [0.3, 0.4) is 0 Å². The van der Waals surface area contributed by atoms with Gasteiger partial charge in [-0.15, -0.1) is 11.6 Å². The van der Waals surface area contributed by atoms with Gasteiger partial charge in [0.05, 0.1) is 6.61 Å². The molecule has 1 fully saturated rings. The molecule has 1 aromatic rings. The zero-order valence-corrected chi connectivity index (χ0v) is 12.7. The van der Waals surface area contributed by atoms with E-state index in [4.69, 9.17) is 16.3 Å². The van der Waals surface area contributed by atoms with E-state index in [1.807, 2.05) is 6.07 Å². The van der Waals surface area contributed by atoms with Crippen LogP contribution in [0.2, 0.25) is 0 Å². The van der Waals surface area contributed by atoms with Gasteiger partial charge in [0.25, 0.3) is 0 Å². The maximum atomic E-state index is 5.91. The van der Waals surface area contributed by atoms with Crippen molar-refractivity contribution in [1.82, 2.24) is 4.98 Å². The Bertz CT molecular complexity index is 385. The van der Waals surface area contributed by atoms with Crippen LogP contribution < -0.4 is 4.74 Å². The molecule has 0 radical (unpaired) electrons. The third-order valence-electron chi connectivity index (χ3n) is 3.94. The van der Waals surface area contributed by atoms with Gasteiger partial charge in [-0.2, -0.15) is 0 Å². The standard InChI is InChI=1S/C16H24ClNO/c1-3-15-8-14(10-17)9-16(18-15)19-11-13-6-4-5-12(2)7-13/h8-9,12-13H,3-7,10-11H2,1-2H3. The van der Waals surface area contributed by atoms with Crippen LogP contribution in [0.1, 0.15) is 50.8 Å². The topological polar surface area (TPSA) is 22.1 Å². The van der Waals surface area contributed by atoms with E-state index in [2.05, 4.69) is 24.9 Å². The molecule has 1 aliphatic carbocycles. The molecule has 1 saturated carbocycles. The maximum absolute atomic E-state index is 5.91. The Morgan fingerprint density at radius 1 is 1.37 bits per heavy atom. The Morgan fingerprint density at radius 2 is 2.21 bits per heavy atom. The molecular weight excluding hydrogens is 258 g/mol. The van der Waals surface area contributed by atoms with Crippen LogP contribution >= 0.6 is 11.6 Å². The second-order valence-corrected chi connectivity index (χ2v) is 6.01. The van der Waals surface area contributed by atoms with Crippen molar-refractivity contribution in [1.29, 1.82) is 0 Å². The van der Waals surface area contributed by atoms with E-state index in [1.54, 1.807) is 0 Å². The van der Waals surface area contributed by atoms with E-state index in [9.17, 15) is 0 Å². The number of alkyl halides is 1. The molecule has 0 amide bonds. The molecule has 106 valence electrons. The summed E-state index contributed by atoms with van der Waals surface area (Å²) in [4.78, 5) is 4.52. The minimum Gasteiger partial charge on any atom is -0.477 e. The molecule has 0 bridgehead atoms. The molecule has 2 nitrogen and oxygen atoms in total. The van der Waals surface area contributed by atoms with Crippen LogP contribution in [0.4, 0.5) is 0 Å². The van der Waals surface area contributed by atoms with Gasteiger partial charge in [0, 0.05) is 17.6 Å². The summed E-state index contributed by atoms with van der Waals surface area (Å²) in [5, 5.41) is 0. The summed E-state index contributed by atoms with van der Waals surface area (Å²) < 4.78 is 5.91. The molecule has 19 heavy (non-hydrogen) atoms. The van der Waals surface area contributed by atoms with Crippen LogP contribution in [0, 0.1) is 11.8 Å². The Kier molecular flexibility index (Phi) is 5.50. The van der Waals surface area contributed by atoms with Crippen molar-refractivity contribution in [3.8, 4) is 5.88 Å². The summed E-state index contributed by atoms with van der Waals surface area (Å²) in [6.45, 7) is 5.24. The third-order valence-corrected chi connectivity index (χ3v) is 4.25. The zero-order valence-electron chi connectivity index (χ0n) is 12.0. The average molecular weight is 282 g/mol. The van der Waals surface area contributed by atoms with Gasteiger partial charge in [-0.3, -0.25) is 0 Å². The van der Waals surface area contributed by atoms with Gasteiger partial charge in [-0.25, -0.2) is 4.98 Å². The first-order valence-electron chi connectivity index (χ1n) is 7.39. The highest BCUT2D eigenvalue weighted by atomic mass is 35.5. The maximum Gasteiger partial charge on any atom is 0.213 e. The zero-order chi connectivity index (χ0) is 13.7. The summed E-state index contributed by atoms with van der Waals surface area (Å²) in [6, 6.07) is 4.03. The lowest BCUT2D eigenvalue weighted by molar-refractivity contribution is 0.177. The van der Waals surface area contributed by atoms with Gasteiger partial charge in [-0.1, -0.05) is 26.7 Å². The lowest BCUT2D eigenvalue weighted by Gasteiger charge is -2.26. The van der Waals surface area contributed by atoms with Crippen LogP contribution in [-0.2, 0) is 12.3 Å². The Labute approximate surface area is 121 Å². The van der Waals surface area contributed by atoms with Crippen LogP contribution in [0.25, 0.3) is 0 Å². The molecule has 1 aromatic heterocycles. The van der Waals surface area contributed by atoms with Crippen LogP contribution in [0.5, 0.6) is 5.88 Å². The van der Waals surface area contributed by atoms with E-state index < -0.39 is 0 Å². The number of halogens is 1. The molecular formula is C16H24ClNO. The number of pyridine rings is 1. The highest BCUT2D eigenvalue weighted by Crippen LogP contribution is 2.29. The summed E-state index contributed by atoms with van der Waals surface area (Å²) in [5.74, 6) is 2.80. The van der Waals surface area contributed by atoms with E-state index >= 15 is 0 Å². The fraction of sp³-hybridized carbons (Fsp3) is 0.688. The first-order valence-corrected chi connectivity index (χ1v) is 7.93. The minimum absolute atomic E-state index is 0.520. The number of ether oxygens (including phenoxy) is 1. The minimum atomic E-state index is 0.520. The number of aryl methyl sites for hydroxylation is 1. The first kappa shape index (κ1) is 14.6. The molecule has 0 N–H and O–H groups in total. The summed E-state index contributed by atoms with van der Waals surface area (Å²) >= 11 is 5.91. The molecule has 0 saturated heterocycles. The Morgan fingerprint density at radius 3 is 2.89 bits per heavy atom. The fourth-order valence-corrected chi connectivity index (χ4v) is 3.02. The number of nitrogens with zero attached hydrogens (tertiary/aromatic N) is 1. The highest BCUT2D eigenvalue weighted by molar-refractivity contribution is 6.17. The normalized spacial score (nSPS) is 23.3. The van der Waals surface area contributed by atoms with Gasteiger partial charge >= 0.3 is 0 Å². The van der Waals surface area contributed by atoms with Crippen LogP contribution in [0.15, 0.2) is 12.1 Å². The second-order valence-electron chi connectivity index (χ2n) is 5.74. The molecule has 0 aliphatic heterocycles. The number of hydrogen-bond donors (Lipinski definition) is 0. The monoisotopic (exact) mass is 281 g/mol. The lowest BCUT2D eigenvalue weighted by Crippen LogP contribution is -2.20. The highest BCUT2D eigenvalue weighted by Gasteiger charge is 2.19. The van der Waals surface area contributed by atoms with Crippen molar-refractivity contribution in [3.05, 3.63) is 23.4 Å². The van der Waals surface area contributed by atoms with E-state index in [-0.39, 0.29) is 0 Å². The average Bonchev–Trinajstić information content (AvgIpc) is 2.44. The third kappa shape index (κ3) is 4.38. The number of rotatable bonds is 5. The molecule has 2 atom stereocenters. The van der Waals surface area contributed by atoms with Gasteiger partial charge in [0.1, 0.15) is 0 Å². The SMILES string of the molecule is CCc1cc(CCl)cc(OCC2CCCC(C)C2)n1. The van der Waals surface area contributed by atoms with Crippen molar-refractivity contribution in [2.45, 2.75) is 51.8 Å². The summed E-state index contributed by atoms with van der Waals surface area (Å²) in [7, 11) is 0. The van der Waals surface area contributed by atoms with Gasteiger partial charge in [0.15, 0.2) is 0 Å². The van der Waals surface area contributed by atoms with Gasteiger partial charge < -0.3 is 4.74 Å². The summed E-state index contributed by atoms with van der Waals surface area (Å²) in [6.07, 6.45) is 6.21. The summed E-state index contributed by atoms with van der Waals surface area (Å²) in [5.41, 5.74) is 2.16. The predicted octanol–water partition coefficient (Wildman–Crippen LogP) is 4.59. The van der Waals surface area contributed by atoms with E-state index in [1.165, 1.54) is 25.7 Å². The second kappa shape index (κ2) is 7.14. The molecule has 2 rings (SSSR count). The largest absolute Gasteiger partial charge is 0.477 e. The number of aromatic nitrogens is 1. The molecule has 0 spiro atoms. The molecule has 1 aliphatic rings. The lowest BCUT2D eigenvalue weighted by atomic mass is 9.83. The quantitative estimate of drug-likeness (QED) is 0.737. The Balaban J connectivity index is 1.94. The van der Waals surface area contributed by atoms with Crippen molar-refractivity contribution >= 4 is 11.6 Å². The van der Waals surface area contributed by atoms with Crippen molar-refractivity contribution in [2.75, 3.05) is 6.61 Å². The van der Waals surface area contributed by atoms with Crippen LogP contribution in [-0.4, -0.2) is 11.6 Å². The molecule has 3 heteroatoms.